The maximum atomic E-state index is 5.25. The van der Waals surface area contributed by atoms with Crippen LogP contribution in [0.3, 0.4) is 0 Å². The number of hydrogen-bond acceptors (Lipinski definition) is 2. The van der Waals surface area contributed by atoms with Gasteiger partial charge in [-0.2, -0.15) is 0 Å². The Bertz CT molecular complexity index is 78.2. The first kappa shape index (κ1) is 9.88. The Morgan fingerprint density at radius 2 is 1.80 bits per heavy atom. The smallest absolute Gasteiger partial charge is 0.102 e. The Labute approximate surface area is 63.4 Å². The van der Waals surface area contributed by atoms with E-state index in [1.54, 1.807) is 0 Å². The number of rotatable bonds is 5. The lowest BCUT2D eigenvalue weighted by atomic mass is 10.5. The van der Waals surface area contributed by atoms with Crippen LogP contribution >= 0.6 is 0 Å². The largest absolute Gasteiger partial charge is 0.374 e. The maximum Gasteiger partial charge on any atom is 0.102 e. The quantitative estimate of drug-likeness (QED) is 0.427. The van der Waals surface area contributed by atoms with Crippen LogP contribution in [0.1, 0.15) is 0 Å². The van der Waals surface area contributed by atoms with Crippen molar-refractivity contribution in [1.82, 2.24) is 0 Å². The van der Waals surface area contributed by atoms with Crippen LogP contribution < -0.4 is 5.73 Å². The van der Waals surface area contributed by atoms with Gasteiger partial charge in [-0.1, -0.05) is 0 Å². The Morgan fingerprint density at radius 1 is 1.20 bits per heavy atom. The summed E-state index contributed by atoms with van der Waals surface area (Å²) in [6.45, 7) is 3.15. The van der Waals surface area contributed by atoms with E-state index in [-0.39, 0.29) is 0 Å². The molecule has 0 aromatic carbocycles. The first-order valence-electron chi connectivity index (χ1n) is 3.64. The molecule has 10 heavy (non-hydrogen) atoms. The van der Waals surface area contributed by atoms with E-state index < -0.39 is 0 Å². The summed E-state index contributed by atoms with van der Waals surface area (Å²) in [6.07, 6.45) is 0. The van der Waals surface area contributed by atoms with E-state index in [1.807, 2.05) is 0 Å². The Balaban J connectivity index is 3.04. The number of ether oxygens (including phenoxy) is 1. The molecule has 0 saturated heterocycles. The van der Waals surface area contributed by atoms with E-state index in [0.717, 1.165) is 17.6 Å². The topological polar surface area (TPSA) is 35.2 Å². The highest BCUT2D eigenvalue weighted by Gasteiger charge is 2.04. The highest BCUT2D eigenvalue weighted by molar-refractivity contribution is 4.31. The fraction of sp³-hybridized carbons (Fsp3) is 1.00. The number of quaternary nitrogens is 1. The average Bonchev–Trinajstić information content (AvgIpc) is 1.78. The van der Waals surface area contributed by atoms with Crippen LogP contribution in [0.4, 0.5) is 0 Å². The second kappa shape index (κ2) is 4.66. The number of nitrogens with zero attached hydrogens (tertiary/aromatic N) is 1. The molecule has 0 amide bonds. The lowest BCUT2D eigenvalue weighted by Crippen LogP contribution is -2.37. The third kappa shape index (κ3) is 7.88. The molecule has 0 fully saturated rings. The normalized spacial score (nSPS) is 12.0. The SMILES string of the molecule is C[N+](C)(C)CCOCCN. The van der Waals surface area contributed by atoms with Gasteiger partial charge in [-0.3, -0.25) is 0 Å². The van der Waals surface area contributed by atoms with Gasteiger partial charge in [0.05, 0.1) is 34.4 Å². The second-order valence-corrected chi connectivity index (χ2v) is 3.41. The van der Waals surface area contributed by atoms with Gasteiger partial charge in [0.2, 0.25) is 0 Å². The molecule has 0 saturated carbocycles. The minimum atomic E-state index is 0.622. The molecule has 0 rings (SSSR count). The summed E-state index contributed by atoms with van der Waals surface area (Å²) >= 11 is 0. The van der Waals surface area contributed by atoms with Crippen molar-refractivity contribution in [1.29, 1.82) is 0 Å². The highest BCUT2D eigenvalue weighted by Crippen LogP contribution is 1.88. The molecule has 0 heterocycles. The molecule has 0 unspecified atom stereocenters. The van der Waals surface area contributed by atoms with Gasteiger partial charge < -0.3 is 15.0 Å². The molecule has 0 spiro atoms. The van der Waals surface area contributed by atoms with Crippen LogP contribution in [-0.2, 0) is 4.74 Å². The summed E-state index contributed by atoms with van der Waals surface area (Å²) in [4.78, 5) is 0. The minimum Gasteiger partial charge on any atom is -0.374 e. The van der Waals surface area contributed by atoms with Crippen LogP contribution in [0.2, 0.25) is 0 Å². The van der Waals surface area contributed by atoms with Crippen LogP contribution in [0, 0.1) is 0 Å². The van der Waals surface area contributed by atoms with Crippen molar-refractivity contribution in [2.75, 3.05) is 47.4 Å². The summed E-state index contributed by atoms with van der Waals surface area (Å²) in [6, 6.07) is 0. The maximum absolute atomic E-state index is 5.25. The summed E-state index contributed by atoms with van der Waals surface area (Å²) in [5.74, 6) is 0. The van der Waals surface area contributed by atoms with Crippen molar-refractivity contribution < 1.29 is 9.22 Å². The molecular weight excluding hydrogens is 128 g/mol. The van der Waals surface area contributed by atoms with E-state index in [2.05, 4.69) is 21.1 Å². The number of likely N-dealkylation sites (N-methyl/N-ethyl adjacent to an activating group) is 1. The summed E-state index contributed by atoms with van der Waals surface area (Å²) < 4.78 is 6.17. The molecule has 62 valence electrons. The molecular formula is C7H19N2O+. The van der Waals surface area contributed by atoms with Gasteiger partial charge in [-0.25, -0.2) is 0 Å². The van der Waals surface area contributed by atoms with Crippen molar-refractivity contribution in [2.45, 2.75) is 0 Å². The zero-order chi connectivity index (χ0) is 8.04. The van der Waals surface area contributed by atoms with Crippen molar-refractivity contribution in [3.8, 4) is 0 Å². The second-order valence-electron chi connectivity index (χ2n) is 3.41. The Morgan fingerprint density at radius 3 is 2.20 bits per heavy atom. The Kier molecular flexibility index (Phi) is 4.60. The van der Waals surface area contributed by atoms with Gasteiger partial charge in [0.25, 0.3) is 0 Å². The van der Waals surface area contributed by atoms with Gasteiger partial charge in [0.1, 0.15) is 6.54 Å². The molecule has 0 aromatic heterocycles. The molecule has 0 atom stereocenters. The van der Waals surface area contributed by atoms with E-state index in [1.165, 1.54) is 0 Å². The van der Waals surface area contributed by atoms with E-state index >= 15 is 0 Å². The molecule has 0 bridgehead atoms. The van der Waals surface area contributed by atoms with Crippen LogP contribution in [0.5, 0.6) is 0 Å². The first-order chi connectivity index (χ1) is 4.56. The van der Waals surface area contributed by atoms with Crippen molar-refractivity contribution in [3.63, 3.8) is 0 Å². The zero-order valence-electron chi connectivity index (χ0n) is 7.26. The number of nitrogens with two attached hydrogens (primary N) is 1. The Hall–Kier alpha value is -0.120. The average molecular weight is 147 g/mol. The predicted molar refractivity (Wildman–Crippen MR) is 42.8 cm³/mol. The van der Waals surface area contributed by atoms with E-state index in [9.17, 15) is 0 Å². The van der Waals surface area contributed by atoms with Gasteiger partial charge in [-0.05, 0) is 0 Å². The minimum absolute atomic E-state index is 0.622. The summed E-state index contributed by atoms with van der Waals surface area (Å²) in [7, 11) is 6.43. The number of hydrogen-bond donors (Lipinski definition) is 1. The fourth-order valence-electron chi connectivity index (χ4n) is 0.524. The van der Waals surface area contributed by atoms with Gasteiger partial charge in [-0.15, -0.1) is 0 Å². The van der Waals surface area contributed by atoms with E-state index in [0.29, 0.717) is 13.2 Å². The van der Waals surface area contributed by atoms with Crippen LogP contribution in [0.15, 0.2) is 0 Å². The van der Waals surface area contributed by atoms with Crippen molar-refractivity contribution >= 4 is 0 Å². The standard InChI is InChI=1S/C7H19N2O/c1-9(2,3)5-7-10-6-4-8/h4-8H2,1-3H3/q+1. The van der Waals surface area contributed by atoms with Crippen molar-refractivity contribution in [2.24, 2.45) is 5.73 Å². The predicted octanol–water partition coefficient (Wildman–Crippen LogP) is -0.332. The molecule has 3 heteroatoms. The molecule has 3 nitrogen and oxygen atoms in total. The molecule has 0 aliphatic heterocycles. The van der Waals surface area contributed by atoms with Gasteiger partial charge in [0.15, 0.2) is 0 Å². The monoisotopic (exact) mass is 147 g/mol. The van der Waals surface area contributed by atoms with E-state index in [4.69, 9.17) is 10.5 Å². The molecule has 0 aliphatic carbocycles. The van der Waals surface area contributed by atoms with Crippen LogP contribution in [-0.4, -0.2) is 51.9 Å². The van der Waals surface area contributed by atoms with Crippen molar-refractivity contribution in [3.05, 3.63) is 0 Å². The lowest BCUT2D eigenvalue weighted by Gasteiger charge is -2.23. The van der Waals surface area contributed by atoms with Gasteiger partial charge in [0, 0.05) is 6.54 Å². The summed E-state index contributed by atoms with van der Waals surface area (Å²) in [5, 5.41) is 0. The first-order valence-corrected chi connectivity index (χ1v) is 3.64. The van der Waals surface area contributed by atoms with Crippen LogP contribution in [0.25, 0.3) is 0 Å². The third-order valence-corrected chi connectivity index (χ3v) is 1.17. The zero-order valence-corrected chi connectivity index (χ0v) is 7.26. The molecule has 0 radical (unpaired) electrons. The summed E-state index contributed by atoms with van der Waals surface area (Å²) in [5.41, 5.74) is 5.25. The lowest BCUT2D eigenvalue weighted by molar-refractivity contribution is -0.870. The van der Waals surface area contributed by atoms with Gasteiger partial charge >= 0.3 is 0 Å². The molecule has 0 aromatic rings. The molecule has 2 N–H and O–H groups in total. The third-order valence-electron chi connectivity index (χ3n) is 1.17. The highest BCUT2D eigenvalue weighted by atomic mass is 16.5. The fourth-order valence-corrected chi connectivity index (χ4v) is 0.524. The molecule has 0 aliphatic rings.